The topological polar surface area (TPSA) is 58.1 Å². The SMILES string of the molecule is CCN(CC)CCOc1ccc(CNC(=NC)NCC(C)(C)OC)cc1.I. The van der Waals surface area contributed by atoms with Crippen molar-refractivity contribution in [3.05, 3.63) is 29.8 Å². The van der Waals surface area contributed by atoms with Crippen LogP contribution in [0.15, 0.2) is 29.3 Å². The van der Waals surface area contributed by atoms with Crippen molar-refractivity contribution in [3.63, 3.8) is 0 Å². The summed E-state index contributed by atoms with van der Waals surface area (Å²) >= 11 is 0. The van der Waals surface area contributed by atoms with Gasteiger partial charge in [-0.2, -0.15) is 0 Å². The maximum absolute atomic E-state index is 5.82. The van der Waals surface area contributed by atoms with E-state index in [1.165, 1.54) is 5.56 Å². The Morgan fingerprint density at radius 2 is 1.74 bits per heavy atom. The first-order chi connectivity index (χ1) is 12.4. The Morgan fingerprint density at radius 3 is 2.26 bits per heavy atom. The smallest absolute Gasteiger partial charge is 0.191 e. The van der Waals surface area contributed by atoms with E-state index in [-0.39, 0.29) is 29.6 Å². The van der Waals surface area contributed by atoms with Gasteiger partial charge in [0.2, 0.25) is 0 Å². The number of halogens is 1. The molecule has 7 heteroatoms. The fourth-order valence-corrected chi connectivity index (χ4v) is 2.31. The number of guanidine groups is 1. The molecular weight excluding hydrogens is 455 g/mol. The molecule has 1 aromatic rings. The zero-order valence-corrected chi connectivity index (χ0v) is 20.0. The van der Waals surface area contributed by atoms with Crippen LogP contribution in [0.4, 0.5) is 0 Å². The van der Waals surface area contributed by atoms with Gasteiger partial charge in [0.05, 0.1) is 5.60 Å². The van der Waals surface area contributed by atoms with Crippen LogP contribution in [0.3, 0.4) is 0 Å². The molecule has 0 heterocycles. The van der Waals surface area contributed by atoms with Crippen LogP contribution in [0, 0.1) is 0 Å². The number of hydrogen-bond donors (Lipinski definition) is 2. The van der Waals surface area contributed by atoms with Crippen LogP contribution < -0.4 is 15.4 Å². The number of likely N-dealkylation sites (N-methyl/N-ethyl adjacent to an activating group) is 1. The van der Waals surface area contributed by atoms with E-state index in [0.29, 0.717) is 19.7 Å². The van der Waals surface area contributed by atoms with Crippen LogP contribution in [-0.4, -0.2) is 63.4 Å². The minimum Gasteiger partial charge on any atom is -0.492 e. The Kier molecular flexibility index (Phi) is 13.5. The molecule has 0 aliphatic rings. The standard InChI is InChI=1S/C20H36N4O2.HI/c1-7-24(8-2)13-14-26-18-11-9-17(10-12-18)15-22-19(21-5)23-16-20(3,4)25-6;/h9-12H,7-8,13-16H2,1-6H3,(H2,21,22,23);1H. The summed E-state index contributed by atoms with van der Waals surface area (Å²) in [6.07, 6.45) is 0. The summed E-state index contributed by atoms with van der Waals surface area (Å²) in [6, 6.07) is 8.19. The van der Waals surface area contributed by atoms with E-state index in [9.17, 15) is 0 Å². The zero-order valence-electron chi connectivity index (χ0n) is 17.7. The highest BCUT2D eigenvalue weighted by Crippen LogP contribution is 2.12. The van der Waals surface area contributed by atoms with Gasteiger partial charge in [-0.3, -0.25) is 4.99 Å². The van der Waals surface area contributed by atoms with Crippen molar-refractivity contribution in [2.45, 2.75) is 39.8 Å². The first kappa shape index (κ1) is 25.9. The predicted octanol–water partition coefficient (Wildman–Crippen LogP) is 3.12. The number of ether oxygens (including phenoxy) is 2. The number of rotatable bonds is 11. The van der Waals surface area contributed by atoms with Crippen LogP contribution in [0.25, 0.3) is 0 Å². The van der Waals surface area contributed by atoms with Crippen LogP contribution in [0.2, 0.25) is 0 Å². The number of aliphatic imine (C=N–C) groups is 1. The van der Waals surface area contributed by atoms with E-state index in [0.717, 1.165) is 31.3 Å². The summed E-state index contributed by atoms with van der Waals surface area (Å²) < 4.78 is 11.2. The molecule has 1 aromatic carbocycles. The average Bonchev–Trinajstić information content (AvgIpc) is 2.66. The van der Waals surface area contributed by atoms with Crippen molar-refractivity contribution in [1.29, 1.82) is 0 Å². The molecule has 2 N–H and O–H groups in total. The number of nitrogens with zero attached hydrogens (tertiary/aromatic N) is 2. The Hall–Kier alpha value is -1.06. The van der Waals surface area contributed by atoms with Crippen LogP contribution in [0.5, 0.6) is 5.75 Å². The minimum atomic E-state index is -0.234. The highest BCUT2D eigenvalue weighted by molar-refractivity contribution is 14.0. The summed E-state index contributed by atoms with van der Waals surface area (Å²) in [4.78, 5) is 6.59. The fourth-order valence-electron chi connectivity index (χ4n) is 2.31. The maximum atomic E-state index is 5.82. The lowest BCUT2D eigenvalue weighted by Crippen LogP contribution is -2.45. The quantitative estimate of drug-likeness (QED) is 0.283. The van der Waals surface area contributed by atoms with E-state index in [2.05, 4.69) is 46.5 Å². The lowest BCUT2D eigenvalue weighted by atomic mass is 10.1. The Labute approximate surface area is 182 Å². The van der Waals surface area contributed by atoms with Gasteiger partial charge in [-0.05, 0) is 44.6 Å². The number of benzene rings is 1. The second-order valence-corrected chi connectivity index (χ2v) is 6.76. The maximum Gasteiger partial charge on any atom is 0.191 e. The van der Waals surface area contributed by atoms with Gasteiger partial charge in [0.1, 0.15) is 12.4 Å². The molecule has 0 aromatic heterocycles. The third kappa shape index (κ3) is 10.8. The highest BCUT2D eigenvalue weighted by Gasteiger charge is 2.16. The molecule has 0 spiro atoms. The monoisotopic (exact) mass is 492 g/mol. The molecule has 0 atom stereocenters. The molecule has 0 aliphatic carbocycles. The number of hydrogen-bond acceptors (Lipinski definition) is 4. The van der Waals surface area contributed by atoms with Gasteiger partial charge in [-0.1, -0.05) is 26.0 Å². The fraction of sp³-hybridized carbons (Fsp3) is 0.650. The molecule has 0 saturated heterocycles. The average molecular weight is 492 g/mol. The summed E-state index contributed by atoms with van der Waals surface area (Å²) in [5.41, 5.74) is 0.942. The van der Waals surface area contributed by atoms with E-state index in [4.69, 9.17) is 9.47 Å². The van der Waals surface area contributed by atoms with Gasteiger partial charge >= 0.3 is 0 Å². The molecule has 156 valence electrons. The summed E-state index contributed by atoms with van der Waals surface area (Å²) in [5, 5.41) is 6.59. The zero-order chi connectivity index (χ0) is 19.4. The lowest BCUT2D eigenvalue weighted by molar-refractivity contribution is 0.0268. The molecule has 0 fully saturated rings. The van der Waals surface area contributed by atoms with Gasteiger partial charge in [-0.25, -0.2) is 0 Å². The lowest BCUT2D eigenvalue weighted by Gasteiger charge is -2.24. The van der Waals surface area contributed by atoms with Crippen molar-refractivity contribution in [2.24, 2.45) is 4.99 Å². The molecule has 0 unspecified atom stereocenters. The third-order valence-corrected chi connectivity index (χ3v) is 4.41. The van der Waals surface area contributed by atoms with E-state index < -0.39 is 0 Å². The van der Waals surface area contributed by atoms with Gasteiger partial charge in [-0.15, -0.1) is 24.0 Å². The number of methoxy groups -OCH3 is 1. The van der Waals surface area contributed by atoms with Crippen molar-refractivity contribution >= 4 is 29.9 Å². The van der Waals surface area contributed by atoms with Gasteiger partial charge in [0.15, 0.2) is 5.96 Å². The minimum absolute atomic E-state index is 0. The molecule has 6 nitrogen and oxygen atoms in total. The van der Waals surface area contributed by atoms with Gasteiger partial charge < -0.3 is 25.0 Å². The van der Waals surface area contributed by atoms with E-state index >= 15 is 0 Å². The number of nitrogens with one attached hydrogen (secondary N) is 2. The molecule has 0 saturated carbocycles. The van der Waals surface area contributed by atoms with Crippen LogP contribution in [-0.2, 0) is 11.3 Å². The summed E-state index contributed by atoms with van der Waals surface area (Å²) in [6.45, 7) is 13.6. The summed E-state index contributed by atoms with van der Waals surface area (Å²) in [5.74, 6) is 1.67. The van der Waals surface area contributed by atoms with E-state index in [1.807, 2.05) is 26.0 Å². The Balaban J connectivity index is 0.00000676. The molecule has 1 rings (SSSR count). The second kappa shape index (κ2) is 14.0. The van der Waals surface area contributed by atoms with Crippen molar-refractivity contribution in [1.82, 2.24) is 15.5 Å². The Morgan fingerprint density at radius 1 is 1.11 bits per heavy atom. The largest absolute Gasteiger partial charge is 0.492 e. The van der Waals surface area contributed by atoms with E-state index in [1.54, 1.807) is 14.2 Å². The van der Waals surface area contributed by atoms with Crippen LogP contribution in [0.1, 0.15) is 33.3 Å². The van der Waals surface area contributed by atoms with Gasteiger partial charge in [0, 0.05) is 33.8 Å². The molecule has 0 aliphatic heterocycles. The molecule has 0 radical (unpaired) electrons. The molecule has 27 heavy (non-hydrogen) atoms. The van der Waals surface area contributed by atoms with Gasteiger partial charge in [0.25, 0.3) is 0 Å². The summed E-state index contributed by atoms with van der Waals surface area (Å²) in [7, 11) is 3.48. The molecular formula is C20H37IN4O2. The Bertz CT molecular complexity index is 531. The van der Waals surface area contributed by atoms with Crippen LogP contribution >= 0.6 is 24.0 Å². The first-order valence-electron chi connectivity index (χ1n) is 9.37. The third-order valence-electron chi connectivity index (χ3n) is 4.41. The normalized spacial score (nSPS) is 11.9. The molecule has 0 amide bonds. The van der Waals surface area contributed by atoms with Crippen molar-refractivity contribution in [3.8, 4) is 5.75 Å². The highest BCUT2D eigenvalue weighted by atomic mass is 127. The first-order valence-corrected chi connectivity index (χ1v) is 9.37. The predicted molar refractivity (Wildman–Crippen MR) is 124 cm³/mol. The van der Waals surface area contributed by atoms with Crippen molar-refractivity contribution in [2.75, 3.05) is 46.9 Å². The van der Waals surface area contributed by atoms with Crippen molar-refractivity contribution < 1.29 is 9.47 Å². The second-order valence-electron chi connectivity index (χ2n) is 6.76. The molecule has 0 bridgehead atoms.